The Morgan fingerprint density at radius 1 is 0.875 bits per heavy atom. The topological polar surface area (TPSA) is 107 Å². The Balaban J connectivity index is 1.55. The summed E-state index contributed by atoms with van der Waals surface area (Å²) in [6.07, 6.45) is 0.0749. The molecule has 0 saturated heterocycles. The molecule has 0 atom stereocenters. The number of hydrogen-bond acceptors (Lipinski definition) is 7. The molecule has 0 bridgehead atoms. The van der Waals surface area contributed by atoms with Crippen LogP contribution in [0.4, 0.5) is 11.4 Å². The molecule has 2 amide bonds. The number of ether oxygens (including phenoxy) is 2. The summed E-state index contributed by atoms with van der Waals surface area (Å²) in [4.78, 5) is 24.7. The van der Waals surface area contributed by atoms with E-state index in [9.17, 15) is 9.59 Å². The zero-order valence-corrected chi connectivity index (χ0v) is 18.9. The van der Waals surface area contributed by atoms with Crippen molar-refractivity contribution in [2.45, 2.75) is 25.0 Å². The zero-order valence-electron chi connectivity index (χ0n) is 18.1. The van der Waals surface area contributed by atoms with E-state index in [1.54, 1.807) is 62.8 Å². The van der Waals surface area contributed by atoms with Gasteiger partial charge in [0.2, 0.25) is 11.8 Å². The van der Waals surface area contributed by atoms with Gasteiger partial charge in [0.25, 0.3) is 0 Å². The highest BCUT2D eigenvalue weighted by atomic mass is 32.2. The largest absolute Gasteiger partial charge is 0.497 e. The summed E-state index contributed by atoms with van der Waals surface area (Å²) in [5, 5.41) is 14.5. The van der Waals surface area contributed by atoms with Gasteiger partial charge in [-0.1, -0.05) is 11.8 Å². The molecule has 0 aliphatic carbocycles. The van der Waals surface area contributed by atoms with Gasteiger partial charge in [0, 0.05) is 17.9 Å². The summed E-state index contributed by atoms with van der Waals surface area (Å²) in [6.45, 7) is 2.52. The van der Waals surface area contributed by atoms with E-state index in [-0.39, 0.29) is 24.0 Å². The zero-order chi connectivity index (χ0) is 22.9. The van der Waals surface area contributed by atoms with Crippen LogP contribution in [0.1, 0.15) is 12.7 Å². The molecule has 1 heterocycles. The number of nitrogens with zero attached hydrogens (tertiary/aromatic N) is 3. The third-order valence-corrected chi connectivity index (χ3v) is 5.48. The van der Waals surface area contributed by atoms with Crippen LogP contribution in [0.2, 0.25) is 0 Å². The van der Waals surface area contributed by atoms with Crippen LogP contribution >= 0.6 is 11.8 Å². The van der Waals surface area contributed by atoms with Crippen molar-refractivity contribution in [3.63, 3.8) is 0 Å². The van der Waals surface area contributed by atoms with E-state index >= 15 is 0 Å². The lowest BCUT2D eigenvalue weighted by Crippen LogP contribution is -2.18. The minimum Gasteiger partial charge on any atom is -0.497 e. The number of nitrogens with one attached hydrogen (secondary N) is 2. The minimum absolute atomic E-state index is 0.0749. The molecule has 0 aliphatic rings. The maximum Gasteiger partial charge on any atom is 0.234 e. The minimum atomic E-state index is -0.203. The highest BCUT2D eigenvalue weighted by Crippen LogP contribution is 2.20. The molecule has 2 N–H and O–H groups in total. The van der Waals surface area contributed by atoms with E-state index < -0.39 is 0 Å². The molecule has 10 heteroatoms. The molecule has 32 heavy (non-hydrogen) atoms. The molecule has 0 spiro atoms. The molecule has 9 nitrogen and oxygen atoms in total. The third-order valence-electron chi connectivity index (χ3n) is 4.51. The Kier molecular flexibility index (Phi) is 8.09. The van der Waals surface area contributed by atoms with Crippen LogP contribution in [0.5, 0.6) is 11.5 Å². The number of amides is 2. The van der Waals surface area contributed by atoms with Gasteiger partial charge in [-0.05, 0) is 55.5 Å². The highest BCUT2D eigenvalue weighted by molar-refractivity contribution is 7.99. The second kappa shape index (κ2) is 11.2. The molecular formula is C22H25N5O4S. The van der Waals surface area contributed by atoms with Gasteiger partial charge in [0.05, 0.1) is 26.4 Å². The lowest BCUT2D eigenvalue weighted by Gasteiger charge is -2.09. The first-order valence-corrected chi connectivity index (χ1v) is 10.9. The Morgan fingerprint density at radius 3 is 1.91 bits per heavy atom. The van der Waals surface area contributed by atoms with Gasteiger partial charge in [-0.2, -0.15) is 0 Å². The van der Waals surface area contributed by atoms with Crippen LogP contribution in [-0.2, 0) is 22.6 Å². The second-order valence-corrected chi connectivity index (χ2v) is 7.60. The Bertz CT molecular complexity index is 1050. The first kappa shape index (κ1) is 23.1. The Morgan fingerprint density at radius 2 is 1.41 bits per heavy atom. The Labute approximate surface area is 190 Å². The SMILES string of the molecule is CCn1c(CC(=O)Nc2ccc(OC)cc2)nnc1SCC(=O)Nc1ccc(OC)cc1. The number of hydrogen-bond donors (Lipinski definition) is 2. The van der Waals surface area contributed by atoms with E-state index in [4.69, 9.17) is 9.47 Å². The standard InChI is InChI=1S/C22H25N5O4S/c1-4-27-19(13-20(28)23-15-5-9-17(30-2)10-6-15)25-26-22(27)32-14-21(29)24-16-7-11-18(31-3)12-8-16/h5-12H,4,13-14H2,1-3H3,(H,23,28)(H,24,29). The van der Waals surface area contributed by atoms with E-state index in [0.29, 0.717) is 34.6 Å². The van der Waals surface area contributed by atoms with Gasteiger partial charge in [0.1, 0.15) is 17.3 Å². The van der Waals surface area contributed by atoms with Crippen molar-refractivity contribution in [3.8, 4) is 11.5 Å². The quantitative estimate of drug-likeness (QED) is 0.452. The first-order valence-electron chi connectivity index (χ1n) is 9.95. The summed E-state index contributed by atoms with van der Waals surface area (Å²) < 4.78 is 12.1. The van der Waals surface area contributed by atoms with Crippen LogP contribution in [-0.4, -0.2) is 46.6 Å². The number of anilines is 2. The number of methoxy groups -OCH3 is 2. The summed E-state index contributed by atoms with van der Waals surface area (Å²) in [5.74, 6) is 1.78. The van der Waals surface area contributed by atoms with Crippen LogP contribution in [0, 0.1) is 0 Å². The van der Waals surface area contributed by atoms with Gasteiger partial charge >= 0.3 is 0 Å². The lowest BCUT2D eigenvalue weighted by atomic mass is 10.3. The number of carbonyl (C=O) groups is 2. The molecule has 168 valence electrons. The van der Waals surface area contributed by atoms with Gasteiger partial charge in [-0.3, -0.25) is 9.59 Å². The molecule has 0 radical (unpaired) electrons. The van der Waals surface area contributed by atoms with Crippen molar-refractivity contribution in [3.05, 3.63) is 54.4 Å². The number of benzene rings is 2. The Hall–Kier alpha value is -3.53. The average Bonchev–Trinajstić information content (AvgIpc) is 3.19. The van der Waals surface area contributed by atoms with Gasteiger partial charge in [-0.15, -0.1) is 10.2 Å². The molecule has 1 aromatic heterocycles. The smallest absolute Gasteiger partial charge is 0.234 e. The third kappa shape index (κ3) is 6.24. The molecule has 0 saturated carbocycles. The van der Waals surface area contributed by atoms with Gasteiger partial charge in [-0.25, -0.2) is 0 Å². The van der Waals surface area contributed by atoms with Crippen LogP contribution in [0.3, 0.4) is 0 Å². The fourth-order valence-corrected chi connectivity index (χ4v) is 3.72. The summed E-state index contributed by atoms with van der Waals surface area (Å²) in [5.41, 5.74) is 1.35. The van der Waals surface area contributed by atoms with Crippen LogP contribution in [0.15, 0.2) is 53.7 Å². The monoisotopic (exact) mass is 455 g/mol. The number of thioether (sulfide) groups is 1. The lowest BCUT2D eigenvalue weighted by molar-refractivity contribution is -0.116. The molecule has 0 aliphatic heterocycles. The normalized spacial score (nSPS) is 10.5. The molecular weight excluding hydrogens is 430 g/mol. The van der Waals surface area contributed by atoms with E-state index in [1.807, 2.05) is 11.5 Å². The maximum absolute atomic E-state index is 12.4. The molecule has 0 fully saturated rings. The maximum atomic E-state index is 12.4. The van der Waals surface area contributed by atoms with Crippen molar-refractivity contribution in [2.24, 2.45) is 0 Å². The summed E-state index contributed by atoms with van der Waals surface area (Å²) in [6, 6.07) is 14.2. The number of aromatic nitrogens is 3. The first-order chi connectivity index (χ1) is 15.5. The summed E-state index contributed by atoms with van der Waals surface area (Å²) in [7, 11) is 3.18. The van der Waals surface area contributed by atoms with Gasteiger partial charge in [0.15, 0.2) is 5.16 Å². The molecule has 3 rings (SSSR count). The number of carbonyl (C=O) groups excluding carboxylic acids is 2. The van der Waals surface area contributed by atoms with Crippen molar-refractivity contribution >= 4 is 35.0 Å². The highest BCUT2D eigenvalue weighted by Gasteiger charge is 2.16. The molecule has 0 unspecified atom stereocenters. The van der Waals surface area contributed by atoms with Crippen molar-refractivity contribution in [1.29, 1.82) is 0 Å². The van der Waals surface area contributed by atoms with Crippen LogP contribution in [0.25, 0.3) is 0 Å². The molecule has 2 aromatic carbocycles. The second-order valence-electron chi connectivity index (χ2n) is 6.66. The fourth-order valence-electron chi connectivity index (χ4n) is 2.90. The fraction of sp³-hybridized carbons (Fsp3) is 0.273. The predicted octanol–water partition coefficient (Wildman–Crippen LogP) is 3.23. The van der Waals surface area contributed by atoms with Crippen LogP contribution < -0.4 is 20.1 Å². The van der Waals surface area contributed by atoms with E-state index in [0.717, 1.165) is 5.75 Å². The predicted molar refractivity (Wildman–Crippen MR) is 123 cm³/mol. The van der Waals surface area contributed by atoms with Crippen molar-refractivity contribution in [2.75, 3.05) is 30.6 Å². The van der Waals surface area contributed by atoms with E-state index in [2.05, 4.69) is 20.8 Å². The van der Waals surface area contributed by atoms with Crippen molar-refractivity contribution in [1.82, 2.24) is 14.8 Å². The summed E-state index contributed by atoms with van der Waals surface area (Å²) >= 11 is 1.27. The average molecular weight is 456 g/mol. The van der Waals surface area contributed by atoms with Gasteiger partial charge < -0.3 is 24.7 Å². The van der Waals surface area contributed by atoms with Crippen molar-refractivity contribution < 1.29 is 19.1 Å². The number of rotatable bonds is 10. The molecule has 3 aromatic rings. The van der Waals surface area contributed by atoms with E-state index in [1.165, 1.54) is 11.8 Å².